The largest absolute Gasteiger partial charge is 0.490 e. The molecule has 0 aromatic heterocycles. The van der Waals surface area contributed by atoms with Crippen molar-refractivity contribution in [3.63, 3.8) is 0 Å². The van der Waals surface area contributed by atoms with Gasteiger partial charge in [-0.3, -0.25) is 0 Å². The number of benzene rings is 2. The Morgan fingerprint density at radius 2 is 1.50 bits per heavy atom. The second-order valence-electron chi connectivity index (χ2n) is 9.00. The first-order valence-electron chi connectivity index (χ1n) is 11.1. The molecule has 6 nitrogen and oxygen atoms in total. The molecule has 1 aliphatic rings. The summed E-state index contributed by atoms with van der Waals surface area (Å²) in [6.07, 6.45) is 3.49. The normalized spacial score (nSPS) is 18.6. The maximum atomic E-state index is 12.2. The number of carbonyl (C=O) groups excluding carboxylic acids is 2. The maximum absolute atomic E-state index is 12.2. The fourth-order valence-electron chi connectivity index (χ4n) is 3.54. The van der Waals surface area contributed by atoms with Gasteiger partial charge in [-0.15, -0.1) is 0 Å². The molecular formula is C26H32O6. The van der Waals surface area contributed by atoms with Crippen molar-refractivity contribution in [3.05, 3.63) is 65.7 Å². The van der Waals surface area contributed by atoms with E-state index in [1.165, 1.54) is 0 Å². The van der Waals surface area contributed by atoms with Gasteiger partial charge in [-0.05, 0) is 76.3 Å². The van der Waals surface area contributed by atoms with E-state index in [2.05, 4.69) is 0 Å². The highest BCUT2D eigenvalue weighted by Gasteiger charge is 2.25. The van der Waals surface area contributed by atoms with Gasteiger partial charge in [0.05, 0.1) is 17.8 Å². The highest BCUT2D eigenvalue weighted by Crippen LogP contribution is 2.26. The third-order valence-corrected chi connectivity index (χ3v) is 5.08. The maximum Gasteiger partial charge on any atom is 0.338 e. The average molecular weight is 441 g/mol. The first-order chi connectivity index (χ1) is 15.3. The highest BCUT2D eigenvalue weighted by atomic mass is 16.6. The Balaban J connectivity index is 1.38. The third kappa shape index (κ3) is 8.00. The second kappa shape index (κ2) is 11.1. The van der Waals surface area contributed by atoms with E-state index in [0.717, 1.165) is 37.0 Å². The molecule has 1 fully saturated rings. The Morgan fingerprint density at radius 3 is 2.12 bits per heavy atom. The number of hydrogen-bond donors (Lipinski definition) is 0. The van der Waals surface area contributed by atoms with Crippen LogP contribution in [0.2, 0.25) is 0 Å². The zero-order chi connectivity index (χ0) is 23.0. The zero-order valence-corrected chi connectivity index (χ0v) is 19.0. The molecule has 0 heterocycles. The molecule has 172 valence electrons. The van der Waals surface area contributed by atoms with Crippen LogP contribution in [0.3, 0.4) is 0 Å². The lowest BCUT2D eigenvalue weighted by Gasteiger charge is -2.29. The molecule has 2 aromatic carbocycles. The van der Waals surface area contributed by atoms with E-state index in [-0.39, 0.29) is 37.4 Å². The van der Waals surface area contributed by atoms with Gasteiger partial charge < -0.3 is 18.9 Å². The topological polar surface area (TPSA) is 71.1 Å². The fourth-order valence-corrected chi connectivity index (χ4v) is 3.54. The summed E-state index contributed by atoms with van der Waals surface area (Å²) in [6.45, 7) is 5.75. The van der Waals surface area contributed by atoms with Crippen LogP contribution in [0.25, 0.3) is 0 Å². The number of hydrogen-bond acceptors (Lipinski definition) is 6. The first kappa shape index (κ1) is 23.8. The Morgan fingerprint density at radius 1 is 0.875 bits per heavy atom. The van der Waals surface area contributed by atoms with Crippen LogP contribution in [0, 0.1) is 0 Å². The molecule has 0 amide bonds. The van der Waals surface area contributed by atoms with Crippen LogP contribution in [0.5, 0.6) is 5.75 Å². The van der Waals surface area contributed by atoms with Crippen molar-refractivity contribution in [1.82, 2.24) is 0 Å². The van der Waals surface area contributed by atoms with E-state index in [1.54, 1.807) is 24.3 Å². The van der Waals surface area contributed by atoms with Crippen molar-refractivity contribution in [1.29, 1.82) is 0 Å². The molecule has 0 unspecified atom stereocenters. The predicted molar refractivity (Wildman–Crippen MR) is 120 cm³/mol. The SMILES string of the molecule is CC(C)(C)OC(=O)COC1CCC(Oc2ccc(C(=O)OCc3ccccc3)cc2)CC1. The molecule has 0 spiro atoms. The summed E-state index contributed by atoms with van der Waals surface area (Å²) in [5, 5.41) is 0. The van der Waals surface area contributed by atoms with E-state index in [4.69, 9.17) is 18.9 Å². The summed E-state index contributed by atoms with van der Waals surface area (Å²) in [7, 11) is 0. The van der Waals surface area contributed by atoms with Crippen molar-refractivity contribution in [3.8, 4) is 5.75 Å². The molecule has 1 aliphatic carbocycles. The minimum atomic E-state index is -0.500. The Labute approximate surface area is 189 Å². The van der Waals surface area contributed by atoms with Crippen LogP contribution in [0.15, 0.2) is 54.6 Å². The lowest BCUT2D eigenvalue weighted by Crippen LogP contribution is -2.31. The molecule has 0 aliphatic heterocycles. The van der Waals surface area contributed by atoms with Crippen molar-refractivity contribution in [2.45, 2.75) is 70.9 Å². The van der Waals surface area contributed by atoms with E-state index in [1.807, 2.05) is 51.1 Å². The van der Waals surface area contributed by atoms with Gasteiger partial charge in [0.25, 0.3) is 0 Å². The van der Waals surface area contributed by atoms with Gasteiger partial charge in [0, 0.05) is 0 Å². The number of ether oxygens (including phenoxy) is 4. The third-order valence-electron chi connectivity index (χ3n) is 5.08. The fraction of sp³-hybridized carbons (Fsp3) is 0.462. The summed E-state index contributed by atoms with van der Waals surface area (Å²) in [5.41, 5.74) is 0.944. The van der Waals surface area contributed by atoms with E-state index in [0.29, 0.717) is 5.56 Å². The molecule has 32 heavy (non-hydrogen) atoms. The first-order valence-corrected chi connectivity index (χ1v) is 11.1. The van der Waals surface area contributed by atoms with Gasteiger partial charge in [0.15, 0.2) is 0 Å². The van der Waals surface area contributed by atoms with Crippen molar-refractivity contribution < 1.29 is 28.5 Å². The minimum Gasteiger partial charge on any atom is -0.490 e. The van der Waals surface area contributed by atoms with Crippen molar-refractivity contribution in [2.75, 3.05) is 6.61 Å². The molecule has 1 saturated carbocycles. The van der Waals surface area contributed by atoms with Crippen LogP contribution in [-0.2, 0) is 25.6 Å². The molecule has 0 saturated heterocycles. The molecule has 0 radical (unpaired) electrons. The zero-order valence-electron chi connectivity index (χ0n) is 19.0. The summed E-state index contributed by atoms with van der Waals surface area (Å²) >= 11 is 0. The smallest absolute Gasteiger partial charge is 0.338 e. The van der Waals surface area contributed by atoms with Gasteiger partial charge >= 0.3 is 11.9 Å². The van der Waals surface area contributed by atoms with Crippen LogP contribution >= 0.6 is 0 Å². The van der Waals surface area contributed by atoms with Crippen LogP contribution in [0.1, 0.15) is 62.4 Å². The monoisotopic (exact) mass is 440 g/mol. The van der Waals surface area contributed by atoms with E-state index >= 15 is 0 Å². The van der Waals surface area contributed by atoms with Crippen molar-refractivity contribution >= 4 is 11.9 Å². The van der Waals surface area contributed by atoms with Crippen molar-refractivity contribution in [2.24, 2.45) is 0 Å². The number of rotatable bonds is 8. The van der Waals surface area contributed by atoms with Gasteiger partial charge in [-0.1, -0.05) is 30.3 Å². The minimum absolute atomic E-state index is 0.0186. The summed E-state index contributed by atoms with van der Waals surface area (Å²) in [4.78, 5) is 24.0. The summed E-state index contributed by atoms with van der Waals surface area (Å²) < 4.78 is 22.4. The molecular weight excluding hydrogens is 408 g/mol. The summed E-state index contributed by atoms with van der Waals surface area (Å²) in [5.74, 6) is 0.0315. The van der Waals surface area contributed by atoms with Crippen LogP contribution in [-0.4, -0.2) is 36.4 Å². The molecule has 0 atom stereocenters. The van der Waals surface area contributed by atoms with Gasteiger partial charge in [0.2, 0.25) is 0 Å². The van der Waals surface area contributed by atoms with Gasteiger partial charge in [-0.25, -0.2) is 9.59 Å². The number of esters is 2. The lowest BCUT2D eigenvalue weighted by molar-refractivity contribution is -0.163. The number of carbonyl (C=O) groups is 2. The van der Waals surface area contributed by atoms with E-state index in [9.17, 15) is 9.59 Å². The Bertz CT molecular complexity index is 861. The molecule has 6 heteroatoms. The quantitative estimate of drug-likeness (QED) is 0.533. The van der Waals surface area contributed by atoms with E-state index < -0.39 is 5.60 Å². The Kier molecular flexibility index (Phi) is 8.28. The lowest BCUT2D eigenvalue weighted by atomic mass is 9.95. The Hall–Kier alpha value is -2.86. The molecule has 0 N–H and O–H groups in total. The highest BCUT2D eigenvalue weighted by molar-refractivity contribution is 5.89. The van der Waals surface area contributed by atoms with Crippen LogP contribution in [0.4, 0.5) is 0 Å². The molecule has 2 aromatic rings. The second-order valence-corrected chi connectivity index (χ2v) is 9.00. The van der Waals surface area contributed by atoms with Gasteiger partial charge in [-0.2, -0.15) is 0 Å². The average Bonchev–Trinajstić information content (AvgIpc) is 2.77. The van der Waals surface area contributed by atoms with Gasteiger partial charge in [0.1, 0.15) is 24.6 Å². The summed E-state index contributed by atoms with van der Waals surface area (Å²) in [6, 6.07) is 16.6. The van der Waals surface area contributed by atoms with Crippen LogP contribution < -0.4 is 4.74 Å². The standard InChI is InChI=1S/C26H32O6/c1-26(2,3)32-24(27)18-29-21-13-15-23(16-14-21)31-22-11-9-20(10-12-22)25(28)30-17-19-7-5-4-6-8-19/h4-12,21,23H,13-18H2,1-3H3. The predicted octanol–water partition coefficient (Wildman–Crippen LogP) is 5.09. The molecule has 3 rings (SSSR count). The molecule has 0 bridgehead atoms.